The quantitative estimate of drug-likeness (QED) is 0.655. The number of fused-ring (bicyclic) bond motifs is 1. The van der Waals surface area contributed by atoms with E-state index < -0.39 is 0 Å². The van der Waals surface area contributed by atoms with Crippen molar-refractivity contribution < 1.29 is 4.74 Å². The van der Waals surface area contributed by atoms with Gasteiger partial charge >= 0.3 is 5.69 Å². The molecule has 1 unspecified atom stereocenters. The van der Waals surface area contributed by atoms with Crippen LogP contribution in [0.5, 0.6) is 0 Å². The van der Waals surface area contributed by atoms with Crippen molar-refractivity contribution in [1.29, 1.82) is 0 Å². The van der Waals surface area contributed by atoms with Crippen LogP contribution in [0.3, 0.4) is 0 Å². The predicted molar refractivity (Wildman–Crippen MR) is 92.4 cm³/mol. The molecule has 1 fully saturated rings. The molecule has 0 amide bonds. The van der Waals surface area contributed by atoms with Crippen LogP contribution < -0.4 is 11.2 Å². The number of ether oxygens (including phenoxy) is 1. The molecule has 7 nitrogen and oxygen atoms in total. The van der Waals surface area contributed by atoms with Crippen molar-refractivity contribution in [2.45, 2.75) is 71.7 Å². The molecule has 1 saturated heterocycles. The highest BCUT2D eigenvalue weighted by molar-refractivity contribution is 5.70. The highest BCUT2D eigenvalue weighted by Crippen LogP contribution is 2.16. The second kappa shape index (κ2) is 7.34. The van der Waals surface area contributed by atoms with E-state index in [-0.39, 0.29) is 11.2 Å². The van der Waals surface area contributed by atoms with Gasteiger partial charge in [0.05, 0.1) is 19.0 Å². The number of hydrogen-bond donors (Lipinski definition) is 0. The Hall–Kier alpha value is -1.89. The van der Waals surface area contributed by atoms with Crippen molar-refractivity contribution >= 4 is 11.2 Å². The van der Waals surface area contributed by atoms with Crippen molar-refractivity contribution in [2.75, 3.05) is 6.61 Å². The fourth-order valence-electron chi connectivity index (χ4n) is 2.96. The second-order valence-corrected chi connectivity index (χ2v) is 6.45. The van der Waals surface area contributed by atoms with E-state index in [2.05, 4.69) is 18.8 Å². The molecule has 1 aliphatic rings. The van der Waals surface area contributed by atoms with Crippen LogP contribution in [0.15, 0.2) is 15.9 Å². The van der Waals surface area contributed by atoms with Crippen LogP contribution in [-0.2, 0) is 24.4 Å². The zero-order chi connectivity index (χ0) is 17.1. The highest BCUT2D eigenvalue weighted by Gasteiger charge is 2.23. The fourth-order valence-corrected chi connectivity index (χ4v) is 2.96. The fraction of sp³-hybridized carbons (Fsp3) is 0.706. The Kier molecular flexibility index (Phi) is 5.18. The molecule has 0 aromatic carbocycles. The van der Waals surface area contributed by atoms with Gasteiger partial charge in [0.2, 0.25) is 0 Å². The zero-order valence-electron chi connectivity index (χ0n) is 14.5. The van der Waals surface area contributed by atoms with Crippen LogP contribution in [0, 0.1) is 0 Å². The van der Waals surface area contributed by atoms with E-state index >= 15 is 0 Å². The molecule has 3 heterocycles. The molecule has 1 atom stereocenters. The number of hydrogen-bond acceptors (Lipinski definition) is 4. The molecule has 0 radical (unpaired) electrons. The minimum atomic E-state index is -0.231. The Balaban J connectivity index is 2.08. The average molecular weight is 334 g/mol. The SMILES string of the molecule is CCCCn1c(=O)c2c(ncn2CCC2CO2)n(CCCC)c1=O. The molecule has 1 aliphatic heterocycles. The van der Waals surface area contributed by atoms with Crippen LogP contribution in [0.25, 0.3) is 11.2 Å². The van der Waals surface area contributed by atoms with Gasteiger partial charge in [0.1, 0.15) is 0 Å². The lowest BCUT2D eigenvalue weighted by Gasteiger charge is -2.12. The van der Waals surface area contributed by atoms with Crippen LogP contribution in [0.4, 0.5) is 0 Å². The van der Waals surface area contributed by atoms with Gasteiger partial charge < -0.3 is 9.30 Å². The molecule has 132 valence electrons. The maximum atomic E-state index is 12.9. The van der Waals surface area contributed by atoms with E-state index in [1.54, 1.807) is 10.9 Å². The van der Waals surface area contributed by atoms with Gasteiger partial charge in [-0.1, -0.05) is 26.7 Å². The Morgan fingerprint density at radius 2 is 1.79 bits per heavy atom. The predicted octanol–water partition coefficient (Wildman–Crippen LogP) is 1.75. The number of rotatable bonds is 9. The molecular formula is C17H26N4O3. The third-order valence-electron chi connectivity index (χ3n) is 4.55. The Bertz CT molecular complexity index is 814. The van der Waals surface area contributed by atoms with Gasteiger partial charge in [-0.2, -0.15) is 0 Å². The molecule has 7 heteroatoms. The number of aryl methyl sites for hydroxylation is 2. The summed E-state index contributed by atoms with van der Waals surface area (Å²) >= 11 is 0. The lowest BCUT2D eigenvalue weighted by molar-refractivity contribution is 0.386. The van der Waals surface area contributed by atoms with Gasteiger partial charge in [-0.25, -0.2) is 9.78 Å². The smallest absolute Gasteiger partial charge is 0.332 e. The molecular weight excluding hydrogens is 308 g/mol. The first-order valence-electron chi connectivity index (χ1n) is 8.97. The van der Waals surface area contributed by atoms with E-state index in [9.17, 15) is 9.59 Å². The summed E-state index contributed by atoms with van der Waals surface area (Å²) in [5.41, 5.74) is 0.612. The van der Waals surface area contributed by atoms with Gasteiger partial charge in [-0.15, -0.1) is 0 Å². The summed E-state index contributed by atoms with van der Waals surface area (Å²) < 4.78 is 10.2. The minimum Gasteiger partial charge on any atom is -0.373 e. The maximum Gasteiger partial charge on any atom is 0.332 e. The molecule has 24 heavy (non-hydrogen) atoms. The maximum absolute atomic E-state index is 12.9. The van der Waals surface area contributed by atoms with Gasteiger partial charge in [0.25, 0.3) is 5.56 Å². The highest BCUT2D eigenvalue weighted by atomic mass is 16.6. The van der Waals surface area contributed by atoms with E-state index in [1.165, 1.54) is 4.57 Å². The average Bonchev–Trinajstić information content (AvgIpc) is 3.31. The summed E-state index contributed by atoms with van der Waals surface area (Å²) in [4.78, 5) is 30.0. The number of aromatic nitrogens is 4. The number of imidazole rings is 1. The van der Waals surface area contributed by atoms with Crippen LogP contribution in [0.1, 0.15) is 46.0 Å². The van der Waals surface area contributed by atoms with Gasteiger partial charge in [0.15, 0.2) is 11.2 Å². The number of unbranched alkanes of at least 4 members (excludes halogenated alkanes) is 2. The van der Waals surface area contributed by atoms with Crippen LogP contribution in [-0.4, -0.2) is 31.4 Å². The van der Waals surface area contributed by atoms with Crippen LogP contribution in [0.2, 0.25) is 0 Å². The zero-order valence-corrected chi connectivity index (χ0v) is 14.5. The monoisotopic (exact) mass is 334 g/mol. The lowest BCUT2D eigenvalue weighted by atomic mass is 10.3. The third kappa shape index (κ3) is 3.31. The Morgan fingerprint density at radius 3 is 2.42 bits per heavy atom. The van der Waals surface area contributed by atoms with Crippen molar-refractivity contribution in [1.82, 2.24) is 18.7 Å². The normalized spacial score (nSPS) is 16.8. The van der Waals surface area contributed by atoms with E-state index in [0.717, 1.165) is 38.7 Å². The Morgan fingerprint density at radius 1 is 1.12 bits per heavy atom. The van der Waals surface area contributed by atoms with Crippen molar-refractivity contribution in [3.8, 4) is 0 Å². The van der Waals surface area contributed by atoms with Gasteiger partial charge in [-0.3, -0.25) is 13.9 Å². The molecule has 0 bridgehead atoms. The van der Waals surface area contributed by atoms with Crippen molar-refractivity contribution in [2.24, 2.45) is 0 Å². The first-order valence-corrected chi connectivity index (χ1v) is 8.97. The first-order chi connectivity index (χ1) is 11.7. The van der Waals surface area contributed by atoms with E-state index in [4.69, 9.17) is 4.74 Å². The van der Waals surface area contributed by atoms with Gasteiger partial charge in [0, 0.05) is 19.6 Å². The first kappa shape index (κ1) is 17.0. The summed E-state index contributed by atoms with van der Waals surface area (Å²) in [6.45, 7) is 6.70. The summed E-state index contributed by atoms with van der Waals surface area (Å²) in [5, 5.41) is 0. The number of nitrogens with zero attached hydrogens (tertiary/aromatic N) is 4. The van der Waals surface area contributed by atoms with Crippen LogP contribution >= 0.6 is 0 Å². The van der Waals surface area contributed by atoms with E-state index in [1.807, 2.05) is 4.57 Å². The summed E-state index contributed by atoms with van der Waals surface area (Å²) in [7, 11) is 0. The third-order valence-corrected chi connectivity index (χ3v) is 4.55. The summed E-state index contributed by atoms with van der Waals surface area (Å²) in [5.74, 6) is 0. The lowest BCUT2D eigenvalue weighted by Crippen LogP contribution is -2.40. The molecule has 0 saturated carbocycles. The van der Waals surface area contributed by atoms with Crippen molar-refractivity contribution in [3.05, 3.63) is 27.2 Å². The van der Waals surface area contributed by atoms with Gasteiger partial charge in [-0.05, 0) is 19.3 Å². The van der Waals surface area contributed by atoms with Crippen molar-refractivity contribution in [3.63, 3.8) is 0 Å². The Labute approximate surface area is 140 Å². The molecule has 2 aromatic rings. The topological polar surface area (TPSA) is 74.3 Å². The standard InChI is InChI=1S/C17H26N4O3/c1-3-5-8-20-15-14(16(22)21(17(20)23)9-6-4-2)19(12-18-15)10-7-13-11-24-13/h12-13H,3-11H2,1-2H3. The molecule has 3 rings (SSSR count). The molecule has 0 spiro atoms. The summed E-state index contributed by atoms with van der Waals surface area (Å²) in [6.07, 6.45) is 6.49. The molecule has 0 aliphatic carbocycles. The van der Waals surface area contributed by atoms with E-state index in [0.29, 0.717) is 36.9 Å². The largest absolute Gasteiger partial charge is 0.373 e. The summed E-state index contributed by atoms with van der Waals surface area (Å²) in [6, 6.07) is 0. The minimum absolute atomic E-state index is 0.217. The second-order valence-electron chi connectivity index (χ2n) is 6.45. The number of epoxide rings is 1. The molecule has 2 aromatic heterocycles. The molecule has 0 N–H and O–H groups in total.